The number of ether oxygens (including phenoxy) is 2. The van der Waals surface area contributed by atoms with Crippen LogP contribution in [0, 0.1) is 5.92 Å². The van der Waals surface area contributed by atoms with Crippen LogP contribution in [0.5, 0.6) is 5.75 Å². The average molecular weight is 346 g/mol. The maximum absolute atomic E-state index is 12.2. The van der Waals surface area contributed by atoms with Crippen molar-refractivity contribution in [3.05, 3.63) is 23.8 Å². The van der Waals surface area contributed by atoms with Crippen molar-refractivity contribution in [1.82, 2.24) is 4.90 Å². The van der Waals surface area contributed by atoms with Crippen LogP contribution in [0.25, 0.3) is 0 Å². The van der Waals surface area contributed by atoms with Crippen molar-refractivity contribution < 1.29 is 14.3 Å². The number of likely N-dealkylation sites (tertiary alicyclic amines) is 1. The minimum atomic E-state index is -0.446. The first kappa shape index (κ1) is 17.9. The maximum atomic E-state index is 12.2. The van der Waals surface area contributed by atoms with E-state index in [1.165, 1.54) is 18.4 Å². The zero-order valence-electron chi connectivity index (χ0n) is 15.6. The lowest BCUT2D eigenvalue weighted by molar-refractivity contribution is 0.0205. The number of carbonyl (C=O) groups excluding carboxylic acids is 1. The second-order valence-electron chi connectivity index (χ2n) is 8.29. The monoisotopic (exact) mass is 346 g/mol. The molecule has 2 fully saturated rings. The van der Waals surface area contributed by atoms with E-state index in [1.54, 1.807) is 4.90 Å². The molecule has 5 heteroatoms. The third-order valence-corrected chi connectivity index (χ3v) is 4.82. The van der Waals surface area contributed by atoms with Gasteiger partial charge in [-0.15, -0.1) is 0 Å². The summed E-state index contributed by atoms with van der Waals surface area (Å²) in [5, 5.41) is 0. The molecule has 138 valence electrons. The minimum absolute atomic E-state index is 0.214. The standard InChI is InChI=1S/C20H30N2O3/c1-20(2,3)25-19(23)22-10-8-15(9-11-22)16-6-7-18(17(21)12-16)24-13-14-4-5-14/h6-7,12,14-15H,4-5,8-11,13,21H2,1-3H3. The molecule has 1 aromatic rings. The molecule has 2 N–H and O–H groups in total. The van der Waals surface area contributed by atoms with Gasteiger partial charge < -0.3 is 20.1 Å². The molecule has 1 aliphatic carbocycles. The third kappa shape index (κ3) is 5.03. The summed E-state index contributed by atoms with van der Waals surface area (Å²) >= 11 is 0. The van der Waals surface area contributed by atoms with Crippen LogP contribution in [0.2, 0.25) is 0 Å². The van der Waals surface area contributed by atoms with Gasteiger partial charge in [0.25, 0.3) is 0 Å². The molecule has 1 heterocycles. The fourth-order valence-electron chi connectivity index (χ4n) is 3.17. The van der Waals surface area contributed by atoms with Crippen molar-refractivity contribution in [1.29, 1.82) is 0 Å². The summed E-state index contributed by atoms with van der Waals surface area (Å²) in [4.78, 5) is 14.0. The molecular weight excluding hydrogens is 316 g/mol. The largest absolute Gasteiger partial charge is 0.491 e. The molecule has 1 aromatic carbocycles. The van der Waals surface area contributed by atoms with Gasteiger partial charge >= 0.3 is 6.09 Å². The molecule has 1 amide bonds. The van der Waals surface area contributed by atoms with E-state index in [0.29, 0.717) is 11.6 Å². The molecule has 1 aliphatic heterocycles. The molecule has 0 atom stereocenters. The lowest BCUT2D eigenvalue weighted by Gasteiger charge is -2.33. The van der Waals surface area contributed by atoms with E-state index in [-0.39, 0.29) is 6.09 Å². The SMILES string of the molecule is CC(C)(C)OC(=O)N1CCC(c2ccc(OCC3CC3)c(N)c2)CC1. The number of nitrogens with two attached hydrogens (primary N) is 1. The summed E-state index contributed by atoms with van der Waals surface area (Å²) in [5.74, 6) is 1.94. The second-order valence-corrected chi connectivity index (χ2v) is 8.29. The smallest absolute Gasteiger partial charge is 0.410 e. The van der Waals surface area contributed by atoms with E-state index in [9.17, 15) is 4.79 Å². The highest BCUT2D eigenvalue weighted by molar-refractivity contribution is 5.68. The van der Waals surface area contributed by atoms with Gasteiger partial charge in [0.1, 0.15) is 11.4 Å². The van der Waals surface area contributed by atoms with Crippen LogP contribution in [0.3, 0.4) is 0 Å². The van der Waals surface area contributed by atoms with Crippen LogP contribution < -0.4 is 10.5 Å². The first-order chi connectivity index (χ1) is 11.8. The van der Waals surface area contributed by atoms with Crippen molar-refractivity contribution in [3.8, 4) is 5.75 Å². The molecule has 2 aliphatic rings. The summed E-state index contributed by atoms with van der Waals surface area (Å²) in [6, 6.07) is 6.15. The summed E-state index contributed by atoms with van der Waals surface area (Å²) in [5.41, 5.74) is 7.68. The van der Waals surface area contributed by atoms with Gasteiger partial charge in [0.05, 0.1) is 12.3 Å². The lowest BCUT2D eigenvalue weighted by atomic mass is 9.89. The maximum Gasteiger partial charge on any atom is 0.410 e. The fourth-order valence-corrected chi connectivity index (χ4v) is 3.17. The summed E-state index contributed by atoms with van der Waals surface area (Å²) in [6.07, 6.45) is 4.19. The zero-order valence-corrected chi connectivity index (χ0v) is 15.6. The predicted octanol–water partition coefficient (Wildman–Crippen LogP) is 4.17. The lowest BCUT2D eigenvalue weighted by Crippen LogP contribution is -2.41. The zero-order chi connectivity index (χ0) is 18.0. The predicted molar refractivity (Wildman–Crippen MR) is 98.9 cm³/mol. The Kier molecular flexibility index (Phi) is 5.11. The van der Waals surface area contributed by atoms with E-state index in [1.807, 2.05) is 32.9 Å². The van der Waals surface area contributed by atoms with E-state index in [4.69, 9.17) is 15.2 Å². The number of rotatable bonds is 4. The molecule has 5 nitrogen and oxygen atoms in total. The Morgan fingerprint density at radius 3 is 2.44 bits per heavy atom. The highest BCUT2D eigenvalue weighted by Gasteiger charge is 2.28. The number of nitrogens with zero attached hydrogens (tertiary/aromatic N) is 1. The van der Waals surface area contributed by atoms with Gasteiger partial charge in [-0.2, -0.15) is 0 Å². The Morgan fingerprint density at radius 2 is 1.88 bits per heavy atom. The molecule has 1 saturated carbocycles. The highest BCUT2D eigenvalue weighted by Crippen LogP contribution is 2.34. The molecule has 0 aromatic heterocycles. The van der Waals surface area contributed by atoms with Crippen LogP contribution in [0.1, 0.15) is 57.9 Å². The van der Waals surface area contributed by atoms with Crippen LogP contribution in [0.4, 0.5) is 10.5 Å². The minimum Gasteiger partial charge on any atom is -0.491 e. The van der Waals surface area contributed by atoms with Crippen LogP contribution >= 0.6 is 0 Å². The number of nitrogen functional groups attached to an aromatic ring is 1. The second kappa shape index (κ2) is 7.14. The summed E-state index contributed by atoms with van der Waals surface area (Å²) < 4.78 is 11.3. The Labute approximate surface area is 150 Å². The van der Waals surface area contributed by atoms with E-state index in [0.717, 1.165) is 44.2 Å². The Morgan fingerprint density at radius 1 is 1.20 bits per heavy atom. The molecule has 0 radical (unpaired) electrons. The Bertz CT molecular complexity index is 612. The van der Waals surface area contributed by atoms with Gasteiger partial charge in [-0.1, -0.05) is 6.07 Å². The quantitative estimate of drug-likeness (QED) is 0.831. The van der Waals surface area contributed by atoms with Crippen LogP contribution in [0.15, 0.2) is 18.2 Å². The molecule has 3 rings (SSSR count). The average Bonchev–Trinajstić information content (AvgIpc) is 3.36. The fraction of sp³-hybridized carbons (Fsp3) is 0.650. The normalized spacial score (nSPS) is 18.9. The van der Waals surface area contributed by atoms with Gasteiger partial charge in [0.15, 0.2) is 0 Å². The number of piperidine rings is 1. The molecular formula is C20H30N2O3. The number of amides is 1. The summed E-state index contributed by atoms with van der Waals surface area (Å²) in [6.45, 7) is 7.91. The topological polar surface area (TPSA) is 64.8 Å². The Hall–Kier alpha value is -1.91. The number of carbonyl (C=O) groups is 1. The number of hydrogen-bond acceptors (Lipinski definition) is 4. The number of anilines is 1. The molecule has 0 bridgehead atoms. The van der Waals surface area contributed by atoms with E-state index < -0.39 is 5.60 Å². The molecule has 0 spiro atoms. The highest BCUT2D eigenvalue weighted by atomic mass is 16.6. The van der Waals surface area contributed by atoms with Gasteiger partial charge in [-0.05, 0) is 76.0 Å². The van der Waals surface area contributed by atoms with Crippen molar-refractivity contribution in [2.45, 2.75) is 58.0 Å². The molecule has 25 heavy (non-hydrogen) atoms. The van der Waals surface area contributed by atoms with Crippen molar-refractivity contribution in [3.63, 3.8) is 0 Å². The first-order valence-electron chi connectivity index (χ1n) is 9.32. The van der Waals surface area contributed by atoms with Crippen molar-refractivity contribution in [2.75, 3.05) is 25.4 Å². The third-order valence-electron chi connectivity index (χ3n) is 4.82. The molecule has 0 unspecified atom stereocenters. The van der Waals surface area contributed by atoms with Gasteiger partial charge in [-0.25, -0.2) is 4.79 Å². The summed E-state index contributed by atoms with van der Waals surface area (Å²) in [7, 11) is 0. The van der Waals surface area contributed by atoms with E-state index in [2.05, 4.69) is 6.07 Å². The van der Waals surface area contributed by atoms with Crippen molar-refractivity contribution in [2.24, 2.45) is 5.92 Å². The molecule has 1 saturated heterocycles. The van der Waals surface area contributed by atoms with Gasteiger partial charge in [0, 0.05) is 13.1 Å². The van der Waals surface area contributed by atoms with Crippen LogP contribution in [-0.4, -0.2) is 36.3 Å². The number of benzene rings is 1. The number of hydrogen-bond donors (Lipinski definition) is 1. The van der Waals surface area contributed by atoms with Crippen molar-refractivity contribution >= 4 is 11.8 Å². The van der Waals surface area contributed by atoms with Gasteiger partial charge in [0.2, 0.25) is 0 Å². The van der Waals surface area contributed by atoms with Gasteiger partial charge in [-0.3, -0.25) is 0 Å². The Balaban J connectivity index is 1.53. The first-order valence-corrected chi connectivity index (χ1v) is 9.32. The van der Waals surface area contributed by atoms with Crippen LogP contribution in [-0.2, 0) is 4.74 Å². The van der Waals surface area contributed by atoms with E-state index >= 15 is 0 Å².